The van der Waals surface area contributed by atoms with Gasteiger partial charge in [-0.05, 0) is 24.8 Å². The molecule has 0 saturated carbocycles. The van der Waals surface area contributed by atoms with Crippen LogP contribution < -0.4 is 10.6 Å². The fourth-order valence-corrected chi connectivity index (χ4v) is 4.35. The number of carbonyl (C=O) groups is 4. The molecule has 0 bridgehead atoms. The number of aliphatic carboxylic acids is 1. The minimum Gasteiger partial charge on any atom is -0.481 e. The van der Waals surface area contributed by atoms with Crippen LogP contribution in [0.25, 0.3) is 0 Å². The minimum absolute atomic E-state index is 0.0832. The summed E-state index contributed by atoms with van der Waals surface area (Å²) in [4.78, 5) is 48.8. The van der Waals surface area contributed by atoms with Gasteiger partial charge in [0.15, 0.2) is 5.12 Å². The normalized spacial score (nSPS) is 14.8. The van der Waals surface area contributed by atoms with Crippen LogP contribution in [0.3, 0.4) is 0 Å². The van der Waals surface area contributed by atoms with Gasteiger partial charge in [-0.15, -0.1) is 0 Å². The molecule has 2 amide bonds. The van der Waals surface area contributed by atoms with Crippen molar-refractivity contribution in [1.82, 2.24) is 10.6 Å². The molecule has 1 aromatic rings. The largest absolute Gasteiger partial charge is 0.481 e. The molecule has 0 fully saturated rings. The van der Waals surface area contributed by atoms with E-state index in [9.17, 15) is 24.3 Å². The third-order valence-electron chi connectivity index (χ3n) is 4.86. The van der Waals surface area contributed by atoms with Crippen LogP contribution in [0.1, 0.15) is 46.1 Å². The van der Waals surface area contributed by atoms with Crippen molar-refractivity contribution in [2.45, 2.75) is 64.5 Å². The van der Waals surface area contributed by atoms with Crippen LogP contribution >= 0.6 is 11.8 Å². The smallest absolute Gasteiger partial charge is 0.304 e. The number of carboxylic acids is 1. The Kier molecular flexibility index (Phi) is 12.0. The molecule has 0 heterocycles. The van der Waals surface area contributed by atoms with Crippen LogP contribution in [0.2, 0.25) is 0 Å². The van der Waals surface area contributed by atoms with Crippen LogP contribution in [-0.4, -0.2) is 52.4 Å². The summed E-state index contributed by atoms with van der Waals surface area (Å²) >= 11 is 0.851. The van der Waals surface area contributed by atoms with E-state index >= 15 is 0 Å². The quantitative estimate of drug-likeness (QED) is 0.408. The zero-order valence-corrected chi connectivity index (χ0v) is 20.1. The molecule has 4 atom stereocenters. The summed E-state index contributed by atoms with van der Waals surface area (Å²) < 4.78 is 5.84. The highest BCUT2D eigenvalue weighted by Gasteiger charge is 2.36. The Hall–Kier alpha value is -2.39. The number of carbonyl (C=O) groups excluding carboxylic acids is 3. The molecule has 0 aliphatic carbocycles. The van der Waals surface area contributed by atoms with Crippen LogP contribution in [0, 0.1) is 11.8 Å². The van der Waals surface area contributed by atoms with Crippen LogP contribution in [0.15, 0.2) is 30.3 Å². The number of thioether (sulfide) groups is 1. The second-order valence-electron chi connectivity index (χ2n) is 8.08. The van der Waals surface area contributed by atoms with Gasteiger partial charge in [0.05, 0.1) is 25.0 Å². The van der Waals surface area contributed by atoms with Crippen molar-refractivity contribution in [1.29, 1.82) is 0 Å². The number of hydrogen-bond acceptors (Lipinski definition) is 6. The van der Waals surface area contributed by atoms with Crippen molar-refractivity contribution in [3.63, 3.8) is 0 Å². The predicted molar refractivity (Wildman–Crippen MR) is 124 cm³/mol. The first kappa shape index (κ1) is 27.6. The maximum absolute atomic E-state index is 13.2. The number of hydrogen-bond donors (Lipinski definition) is 3. The zero-order chi connectivity index (χ0) is 24.3. The Morgan fingerprint density at radius 3 is 2.19 bits per heavy atom. The second kappa shape index (κ2) is 13.9. The van der Waals surface area contributed by atoms with Gasteiger partial charge in [-0.2, -0.15) is 0 Å². The summed E-state index contributed by atoms with van der Waals surface area (Å²) in [7, 11) is 1.47. The lowest BCUT2D eigenvalue weighted by Crippen LogP contribution is -2.54. The molecule has 0 aliphatic heterocycles. The lowest BCUT2D eigenvalue weighted by atomic mass is 9.91. The van der Waals surface area contributed by atoms with E-state index in [1.54, 1.807) is 6.92 Å². The Bertz CT molecular complexity index is 755. The average molecular weight is 467 g/mol. The number of rotatable bonds is 13. The van der Waals surface area contributed by atoms with Crippen LogP contribution in [-0.2, 0) is 30.5 Å². The number of amides is 2. The van der Waals surface area contributed by atoms with Gasteiger partial charge in [0.2, 0.25) is 11.8 Å². The lowest BCUT2D eigenvalue weighted by Gasteiger charge is -2.29. The van der Waals surface area contributed by atoms with Crippen LogP contribution in [0.5, 0.6) is 0 Å². The molecule has 8 nitrogen and oxygen atoms in total. The first-order chi connectivity index (χ1) is 15.0. The van der Waals surface area contributed by atoms with Gasteiger partial charge in [0, 0.05) is 19.2 Å². The topological polar surface area (TPSA) is 122 Å². The molecule has 2 unspecified atom stereocenters. The summed E-state index contributed by atoms with van der Waals surface area (Å²) in [6, 6.07) is 8.48. The summed E-state index contributed by atoms with van der Waals surface area (Å²) in [6.07, 6.45) is -0.596. The van der Waals surface area contributed by atoms with Crippen molar-refractivity contribution in [3.05, 3.63) is 35.9 Å². The molecule has 32 heavy (non-hydrogen) atoms. The van der Waals surface area contributed by atoms with E-state index in [0.717, 1.165) is 17.3 Å². The number of ether oxygens (including phenoxy) is 1. The standard InChI is InChI=1S/C23H34N2O6S/c1-14(2)11-18(19(12-20(27)28)32-16(4)26)22(29)25-21(23(30)24-5)15(3)31-13-17-9-7-6-8-10-17/h6-10,14-15,18-19,21H,11-13H2,1-5H3,(H,24,30)(H,25,29)(H,27,28)/t15-,18?,19?,21-/m1/s1. The number of carboxylic acid groups (broad SMARTS) is 1. The van der Waals surface area contributed by atoms with E-state index < -0.39 is 41.1 Å². The summed E-state index contributed by atoms with van der Waals surface area (Å²) in [5.41, 5.74) is 0.929. The van der Waals surface area contributed by atoms with Crippen molar-refractivity contribution >= 4 is 34.7 Å². The predicted octanol–water partition coefficient (Wildman–Crippen LogP) is 2.61. The Morgan fingerprint density at radius 1 is 1.06 bits per heavy atom. The van der Waals surface area contributed by atoms with E-state index in [-0.39, 0.29) is 24.1 Å². The number of likely N-dealkylation sites (N-methyl/N-ethyl adjacent to an activating group) is 1. The van der Waals surface area contributed by atoms with Crippen molar-refractivity contribution in [2.75, 3.05) is 7.05 Å². The van der Waals surface area contributed by atoms with E-state index in [1.807, 2.05) is 44.2 Å². The molecule has 3 N–H and O–H groups in total. The highest BCUT2D eigenvalue weighted by molar-refractivity contribution is 8.14. The van der Waals surface area contributed by atoms with E-state index in [4.69, 9.17) is 4.74 Å². The van der Waals surface area contributed by atoms with Gasteiger partial charge < -0.3 is 20.5 Å². The molecule has 178 valence electrons. The van der Waals surface area contributed by atoms with E-state index in [2.05, 4.69) is 10.6 Å². The highest BCUT2D eigenvalue weighted by Crippen LogP contribution is 2.29. The molecule has 0 saturated heterocycles. The Morgan fingerprint density at radius 2 is 1.69 bits per heavy atom. The van der Waals surface area contributed by atoms with E-state index in [0.29, 0.717) is 6.42 Å². The molecule has 0 spiro atoms. The molecule has 0 radical (unpaired) electrons. The average Bonchev–Trinajstić information content (AvgIpc) is 2.72. The zero-order valence-electron chi connectivity index (χ0n) is 19.3. The first-order valence-electron chi connectivity index (χ1n) is 10.6. The van der Waals surface area contributed by atoms with Gasteiger partial charge in [0.1, 0.15) is 6.04 Å². The van der Waals surface area contributed by atoms with Gasteiger partial charge in [0.25, 0.3) is 0 Å². The molecule has 9 heteroatoms. The number of nitrogens with one attached hydrogen (secondary N) is 2. The van der Waals surface area contributed by atoms with Crippen molar-refractivity contribution in [3.8, 4) is 0 Å². The number of benzene rings is 1. The molecular weight excluding hydrogens is 432 g/mol. The lowest BCUT2D eigenvalue weighted by molar-refractivity contribution is -0.138. The van der Waals surface area contributed by atoms with Gasteiger partial charge in [-0.25, -0.2) is 0 Å². The maximum atomic E-state index is 13.2. The Balaban J connectivity index is 3.03. The second-order valence-corrected chi connectivity index (χ2v) is 9.50. The summed E-state index contributed by atoms with van der Waals surface area (Å²) in [5.74, 6) is -2.65. The Labute approximate surface area is 193 Å². The summed E-state index contributed by atoms with van der Waals surface area (Å²) in [6.45, 7) is 7.13. The fourth-order valence-electron chi connectivity index (χ4n) is 3.30. The molecule has 1 aromatic carbocycles. The molecule has 0 aromatic heterocycles. The molecule has 0 aliphatic rings. The third-order valence-corrected chi connectivity index (χ3v) is 5.99. The van der Waals surface area contributed by atoms with E-state index in [1.165, 1.54) is 14.0 Å². The highest BCUT2D eigenvalue weighted by atomic mass is 32.2. The monoisotopic (exact) mass is 466 g/mol. The van der Waals surface area contributed by atoms with Gasteiger partial charge in [-0.1, -0.05) is 55.9 Å². The summed E-state index contributed by atoms with van der Waals surface area (Å²) in [5, 5.41) is 13.6. The first-order valence-corrected chi connectivity index (χ1v) is 11.5. The van der Waals surface area contributed by atoms with Gasteiger partial charge in [-0.3, -0.25) is 19.2 Å². The maximum Gasteiger partial charge on any atom is 0.304 e. The fraction of sp³-hybridized carbons (Fsp3) is 0.565. The molecular formula is C23H34N2O6S. The van der Waals surface area contributed by atoms with Gasteiger partial charge >= 0.3 is 5.97 Å². The van der Waals surface area contributed by atoms with Crippen LogP contribution in [0.4, 0.5) is 0 Å². The SMILES string of the molecule is CNC(=O)[C@H](NC(=O)C(CC(C)C)C(CC(=O)O)SC(C)=O)[C@@H](C)OCc1ccccc1. The molecule has 1 rings (SSSR count). The van der Waals surface area contributed by atoms with Crippen molar-refractivity contribution in [2.24, 2.45) is 11.8 Å². The van der Waals surface area contributed by atoms with Crippen molar-refractivity contribution < 1.29 is 29.0 Å². The minimum atomic E-state index is -1.09. The third kappa shape index (κ3) is 9.82.